The van der Waals surface area contributed by atoms with Crippen molar-refractivity contribution in [1.82, 2.24) is 10.6 Å². The molecule has 12 heteroatoms. The van der Waals surface area contributed by atoms with E-state index in [1.807, 2.05) is 43.3 Å². The zero-order chi connectivity index (χ0) is 31.4. The minimum Gasteiger partial charge on any atom is -0.493 e. The van der Waals surface area contributed by atoms with Gasteiger partial charge in [-0.15, -0.1) is 13.2 Å². The van der Waals surface area contributed by atoms with Crippen LogP contribution in [0.3, 0.4) is 0 Å². The quantitative estimate of drug-likeness (QED) is 0.166. The van der Waals surface area contributed by atoms with Gasteiger partial charge in [0.1, 0.15) is 23.8 Å². The zero-order valence-electron chi connectivity index (χ0n) is 23.9. The maximum Gasteiger partial charge on any atom is 0.573 e. The Morgan fingerprint density at radius 3 is 2.07 bits per heavy atom. The van der Waals surface area contributed by atoms with Gasteiger partial charge in [-0.05, 0) is 65.7 Å². The summed E-state index contributed by atoms with van der Waals surface area (Å²) in [5.41, 5.74) is 2.59. The van der Waals surface area contributed by atoms with E-state index in [4.69, 9.17) is 9.47 Å². The number of benzene rings is 3. The van der Waals surface area contributed by atoms with Crippen LogP contribution in [0.1, 0.15) is 28.4 Å². The van der Waals surface area contributed by atoms with E-state index in [9.17, 15) is 27.6 Å². The Hall–Kier alpha value is -5.00. The summed E-state index contributed by atoms with van der Waals surface area (Å²) < 4.78 is 51.9. The Balaban J connectivity index is 1.65. The van der Waals surface area contributed by atoms with Gasteiger partial charge in [-0.25, -0.2) is 0 Å². The SMILES string of the molecule is CC(=O)OCCNC(=O)/C(=C/c1ccc(OC(F)(F)F)cc1)NC(=O)c1ccc(OCCc2ccc(N(C)C)cc2)cc1. The number of alkyl halides is 3. The number of halogens is 3. The number of hydrogen-bond acceptors (Lipinski definition) is 7. The van der Waals surface area contributed by atoms with Crippen molar-refractivity contribution in [1.29, 1.82) is 0 Å². The van der Waals surface area contributed by atoms with Gasteiger partial charge in [0.05, 0.1) is 13.2 Å². The number of carbonyl (C=O) groups is 3. The first-order valence-electron chi connectivity index (χ1n) is 13.2. The van der Waals surface area contributed by atoms with Crippen molar-refractivity contribution in [3.63, 3.8) is 0 Å². The molecular weight excluding hydrogens is 567 g/mol. The number of amides is 2. The van der Waals surface area contributed by atoms with Crippen molar-refractivity contribution in [2.24, 2.45) is 0 Å². The standard InChI is InChI=1S/C31H32F3N3O6/c1-21(38)41-19-17-35-30(40)28(20-23-6-12-27(13-7-23)43-31(32,33)34)36-29(39)24-8-14-26(15-9-24)42-18-16-22-4-10-25(11-5-22)37(2)3/h4-15,20H,16-19H2,1-3H3,(H,35,40)(H,36,39)/b28-20-. The van der Waals surface area contributed by atoms with Crippen LogP contribution in [0.25, 0.3) is 6.08 Å². The Morgan fingerprint density at radius 1 is 0.860 bits per heavy atom. The Morgan fingerprint density at radius 2 is 1.49 bits per heavy atom. The van der Waals surface area contributed by atoms with Gasteiger partial charge in [0.25, 0.3) is 11.8 Å². The lowest BCUT2D eigenvalue weighted by Gasteiger charge is -2.13. The topological polar surface area (TPSA) is 106 Å². The van der Waals surface area contributed by atoms with Gasteiger partial charge in [0.2, 0.25) is 0 Å². The smallest absolute Gasteiger partial charge is 0.493 e. The molecule has 0 heterocycles. The monoisotopic (exact) mass is 599 g/mol. The van der Waals surface area contributed by atoms with Gasteiger partial charge < -0.3 is 29.7 Å². The summed E-state index contributed by atoms with van der Waals surface area (Å²) >= 11 is 0. The minimum absolute atomic E-state index is 0.0319. The van der Waals surface area contributed by atoms with Crippen LogP contribution >= 0.6 is 0 Å². The first-order chi connectivity index (χ1) is 20.4. The number of nitrogens with one attached hydrogen (secondary N) is 2. The second kappa shape index (κ2) is 15.3. The predicted molar refractivity (Wildman–Crippen MR) is 155 cm³/mol. The number of ether oxygens (including phenoxy) is 3. The van der Waals surface area contributed by atoms with E-state index in [0.29, 0.717) is 24.3 Å². The van der Waals surface area contributed by atoms with Gasteiger partial charge in [-0.2, -0.15) is 0 Å². The molecule has 2 N–H and O–H groups in total. The molecule has 9 nitrogen and oxygen atoms in total. The Labute approximate surface area is 247 Å². The molecule has 3 aromatic rings. The van der Waals surface area contributed by atoms with Crippen molar-refractivity contribution in [3.05, 3.63) is 95.2 Å². The lowest BCUT2D eigenvalue weighted by atomic mass is 10.1. The summed E-state index contributed by atoms with van der Waals surface area (Å²) in [6, 6.07) is 19.2. The van der Waals surface area contributed by atoms with Crippen molar-refractivity contribution >= 4 is 29.5 Å². The molecule has 0 spiro atoms. The number of esters is 1. The van der Waals surface area contributed by atoms with Crippen LogP contribution in [0.15, 0.2) is 78.5 Å². The van der Waals surface area contributed by atoms with E-state index in [0.717, 1.165) is 23.4 Å². The van der Waals surface area contributed by atoms with Crippen LogP contribution in [-0.4, -0.2) is 58.0 Å². The molecule has 0 fully saturated rings. The van der Waals surface area contributed by atoms with Crippen LogP contribution in [0.5, 0.6) is 11.5 Å². The molecule has 0 aromatic heterocycles. The number of anilines is 1. The largest absolute Gasteiger partial charge is 0.573 e. The third-order valence-corrected chi connectivity index (χ3v) is 5.84. The molecule has 3 aromatic carbocycles. The van der Waals surface area contributed by atoms with Crippen molar-refractivity contribution in [3.8, 4) is 11.5 Å². The zero-order valence-corrected chi connectivity index (χ0v) is 23.9. The van der Waals surface area contributed by atoms with Gasteiger partial charge in [-0.1, -0.05) is 24.3 Å². The van der Waals surface area contributed by atoms with Crippen LogP contribution in [0, 0.1) is 0 Å². The molecule has 0 saturated carbocycles. The van der Waals surface area contributed by atoms with E-state index < -0.39 is 29.9 Å². The number of rotatable bonds is 13. The molecule has 0 bridgehead atoms. The van der Waals surface area contributed by atoms with Gasteiger partial charge in [0.15, 0.2) is 0 Å². The van der Waals surface area contributed by atoms with Crippen LogP contribution in [0.4, 0.5) is 18.9 Å². The molecule has 0 aliphatic carbocycles. The van der Waals surface area contributed by atoms with Gasteiger partial charge >= 0.3 is 12.3 Å². The van der Waals surface area contributed by atoms with E-state index in [-0.39, 0.29) is 24.4 Å². The Bertz CT molecular complexity index is 1400. The lowest BCUT2D eigenvalue weighted by molar-refractivity contribution is -0.274. The fourth-order valence-corrected chi connectivity index (χ4v) is 3.69. The molecule has 0 atom stereocenters. The lowest BCUT2D eigenvalue weighted by Crippen LogP contribution is -2.36. The summed E-state index contributed by atoms with van der Waals surface area (Å²) in [6.45, 7) is 1.53. The van der Waals surface area contributed by atoms with E-state index >= 15 is 0 Å². The molecule has 0 radical (unpaired) electrons. The minimum atomic E-state index is -4.85. The molecule has 43 heavy (non-hydrogen) atoms. The summed E-state index contributed by atoms with van der Waals surface area (Å²) in [4.78, 5) is 38.8. The second-order valence-electron chi connectivity index (χ2n) is 9.41. The fraction of sp³-hybridized carbons (Fsp3) is 0.258. The number of nitrogens with zero attached hydrogens (tertiary/aromatic N) is 1. The highest BCUT2D eigenvalue weighted by Gasteiger charge is 2.31. The molecule has 0 aliphatic rings. The maximum absolute atomic E-state index is 13.0. The normalized spacial score (nSPS) is 11.3. The second-order valence-corrected chi connectivity index (χ2v) is 9.41. The van der Waals surface area contributed by atoms with E-state index in [1.54, 1.807) is 12.1 Å². The fourth-order valence-electron chi connectivity index (χ4n) is 3.69. The molecule has 2 amide bonds. The molecule has 3 rings (SSSR count). The molecule has 0 unspecified atom stereocenters. The third-order valence-electron chi connectivity index (χ3n) is 5.84. The third kappa shape index (κ3) is 11.4. The van der Waals surface area contributed by atoms with Crippen LogP contribution in [-0.2, 0) is 20.7 Å². The molecule has 0 aliphatic heterocycles. The highest BCUT2D eigenvalue weighted by atomic mass is 19.4. The van der Waals surface area contributed by atoms with E-state index in [1.165, 1.54) is 37.3 Å². The average Bonchev–Trinajstić information content (AvgIpc) is 2.95. The van der Waals surface area contributed by atoms with Crippen molar-refractivity contribution in [2.45, 2.75) is 19.7 Å². The summed E-state index contributed by atoms with van der Waals surface area (Å²) in [6.07, 6.45) is -2.86. The van der Waals surface area contributed by atoms with Crippen LogP contribution in [0.2, 0.25) is 0 Å². The summed E-state index contributed by atoms with van der Waals surface area (Å²) in [7, 11) is 3.95. The summed E-state index contributed by atoms with van der Waals surface area (Å²) in [5.74, 6) is -1.71. The number of carbonyl (C=O) groups excluding carboxylic acids is 3. The van der Waals surface area contributed by atoms with Gasteiger partial charge in [-0.3, -0.25) is 14.4 Å². The highest BCUT2D eigenvalue weighted by Crippen LogP contribution is 2.23. The average molecular weight is 600 g/mol. The Kier molecular flexibility index (Phi) is 11.6. The maximum atomic E-state index is 13.0. The predicted octanol–water partition coefficient (Wildman–Crippen LogP) is 4.72. The molecule has 228 valence electrons. The van der Waals surface area contributed by atoms with Crippen molar-refractivity contribution < 1.29 is 41.8 Å². The molecule has 0 saturated heterocycles. The first kappa shape index (κ1) is 32.5. The van der Waals surface area contributed by atoms with Gasteiger partial charge in [0, 0.05) is 38.7 Å². The first-order valence-corrected chi connectivity index (χ1v) is 13.2. The highest BCUT2D eigenvalue weighted by molar-refractivity contribution is 6.05. The van der Waals surface area contributed by atoms with E-state index in [2.05, 4.69) is 15.4 Å². The summed E-state index contributed by atoms with van der Waals surface area (Å²) in [5, 5.41) is 5.04. The van der Waals surface area contributed by atoms with Crippen LogP contribution < -0.4 is 25.0 Å². The number of hydrogen-bond donors (Lipinski definition) is 2. The van der Waals surface area contributed by atoms with Crippen molar-refractivity contribution in [2.75, 3.05) is 38.8 Å². The molecular formula is C31H32F3N3O6.